The second-order valence-electron chi connectivity index (χ2n) is 10.8. The third kappa shape index (κ3) is 7.18. The summed E-state index contributed by atoms with van der Waals surface area (Å²) in [7, 11) is 0. The van der Waals surface area contributed by atoms with E-state index in [1.54, 1.807) is 11.0 Å². The van der Waals surface area contributed by atoms with E-state index >= 15 is 0 Å². The van der Waals surface area contributed by atoms with Gasteiger partial charge in [-0.05, 0) is 76.1 Å². The van der Waals surface area contributed by atoms with Gasteiger partial charge in [-0.15, -0.1) is 0 Å². The number of fused-ring (bicyclic) bond motifs is 1. The molecule has 3 aromatic carbocycles. The van der Waals surface area contributed by atoms with Crippen LogP contribution in [0.15, 0.2) is 72.8 Å². The number of carbonyl (C=O) groups is 1. The van der Waals surface area contributed by atoms with Crippen LogP contribution in [0.3, 0.4) is 0 Å². The fraction of sp³-hybridized carbons (Fsp3) is 0.300. The minimum atomic E-state index is -0.543. The molecular weight excluding hydrogens is 524 g/mol. The van der Waals surface area contributed by atoms with Gasteiger partial charge in [-0.2, -0.15) is 4.98 Å². The molecule has 1 fully saturated rings. The Morgan fingerprint density at radius 3 is 2.32 bits per heavy atom. The fourth-order valence-electron chi connectivity index (χ4n) is 4.47. The average molecular weight is 557 g/mol. The van der Waals surface area contributed by atoms with Crippen LogP contribution in [0, 0.1) is 10.1 Å². The molecule has 11 heteroatoms. The smallest absolute Gasteiger partial charge is 0.410 e. The van der Waals surface area contributed by atoms with Gasteiger partial charge in [0.15, 0.2) is 0 Å². The van der Waals surface area contributed by atoms with Gasteiger partial charge in [0.25, 0.3) is 5.69 Å². The van der Waals surface area contributed by atoms with E-state index in [0.717, 1.165) is 11.4 Å². The zero-order valence-electron chi connectivity index (χ0n) is 23.2. The molecule has 11 nitrogen and oxygen atoms in total. The number of nitrogens with one attached hydrogen (secondary N) is 2. The molecule has 0 saturated carbocycles. The van der Waals surface area contributed by atoms with E-state index in [-0.39, 0.29) is 17.8 Å². The third-order valence-corrected chi connectivity index (χ3v) is 6.47. The van der Waals surface area contributed by atoms with E-state index in [1.165, 1.54) is 12.1 Å². The van der Waals surface area contributed by atoms with Gasteiger partial charge in [0.2, 0.25) is 5.95 Å². The van der Waals surface area contributed by atoms with Gasteiger partial charge in [0, 0.05) is 42.3 Å². The summed E-state index contributed by atoms with van der Waals surface area (Å²) in [5, 5.41) is 18.7. The average Bonchev–Trinajstić information content (AvgIpc) is 2.94. The molecule has 4 aromatic rings. The summed E-state index contributed by atoms with van der Waals surface area (Å²) < 4.78 is 11.4. The van der Waals surface area contributed by atoms with E-state index in [4.69, 9.17) is 14.5 Å². The summed E-state index contributed by atoms with van der Waals surface area (Å²) in [6.45, 7) is 6.65. The molecule has 212 valence electrons. The Kier molecular flexibility index (Phi) is 7.86. The first-order valence-corrected chi connectivity index (χ1v) is 13.4. The minimum absolute atomic E-state index is 0.0476. The van der Waals surface area contributed by atoms with Crippen LogP contribution in [0.4, 0.5) is 27.9 Å². The largest absolute Gasteiger partial charge is 0.457 e. The van der Waals surface area contributed by atoms with E-state index in [2.05, 4.69) is 15.6 Å². The number of hydrogen-bond donors (Lipinski definition) is 2. The zero-order chi connectivity index (χ0) is 29.0. The Hall–Kier alpha value is -4.93. The maximum Gasteiger partial charge on any atom is 0.410 e. The SMILES string of the molecule is CC(C)(C)OC(=O)N1CCC(Nc2nc(Nc3ccc(Oc4ccccc4)cc3)c3cc([N+](=O)[O-])ccc3n2)CC1. The van der Waals surface area contributed by atoms with Gasteiger partial charge in [0.05, 0.1) is 10.4 Å². The van der Waals surface area contributed by atoms with Crippen molar-refractivity contribution >= 4 is 40.1 Å². The number of aromatic nitrogens is 2. The first kappa shape index (κ1) is 27.6. The number of non-ortho nitro benzene ring substituents is 1. The molecule has 0 spiro atoms. The van der Waals surface area contributed by atoms with Crippen LogP contribution in [-0.4, -0.2) is 50.6 Å². The first-order valence-electron chi connectivity index (χ1n) is 13.4. The second-order valence-corrected chi connectivity index (χ2v) is 10.8. The Labute approximate surface area is 237 Å². The Balaban J connectivity index is 1.33. The van der Waals surface area contributed by atoms with Gasteiger partial charge in [-0.3, -0.25) is 10.1 Å². The predicted octanol–water partition coefficient (Wildman–Crippen LogP) is 6.89. The second kappa shape index (κ2) is 11.7. The maximum absolute atomic E-state index is 12.4. The lowest BCUT2D eigenvalue weighted by Gasteiger charge is -2.33. The van der Waals surface area contributed by atoms with Gasteiger partial charge >= 0.3 is 6.09 Å². The third-order valence-electron chi connectivity index (χ3n) is 6.47. The van der Waals surface area contributed by atoms with Crippen molar-refractivity contribution in [2.24, 2.45) is 0 Å². The molecule has 1 aliphatic rings. The monoisotopic (exact) mass is 556 g/mol. The van der Waals surface area contributed by atoms with Crippen molar-refractivity contribution < 1.29 is 19.2 Å². The highest BCUT2D eigenvalue weighted by atomic mass is 16.6. The Morgan fingerprint density at radius 1 is 0.976 bits per heavy atom. The summed E-state index contributed by atoms with van der Waals surface area (Å²) in [5.41, 5.74) is 0.698. The number of likely N-dealkylation sites (tertiary alicyclic amines) is 1. The molecule has 5 rings (SSSR count). The molecule has 0 unspecified atom stereocenters. The normalized spacial score (nSPS) is 14.0. The van der Waals surface area contributed by atoms with Gasteiger partial charge in [-0.25, -0.2) is 9.78 Å². The summed E-state index contributed by atoms with van der Waals surface area (Å²) in [6, 6.07) is 21.4. The van der Waals surface area contributed by atoms with Crippen molar-refractivity contribution in [3.8, 4) is 11.5 Å². The van der Waals surface area contributed by atoms with Crippen molar-refractivity contribution in [2.75, 3.05) is 23.7 Å². The quantitative estimate of drug-likeness (QED) is 0.184. The van der Waals surface area contributed by atoms with Crippen LogP contribution in [0.5, 0.6) is 11.5 Å². The van der Waals surface area contributed by atoms with E-state index in [0.29, 0.717) is 54.3 Å². The number of rotatable bonds is 7. The van der Waals surface area contributed by atoms with E-state index in [9.17, 15) is 14.9 Å². The highest BCUT2D eigenvalue weighted by molar-refractivity contribution is 5.93. The molecule has 1 amide bonds. The van der Waals surface area contributed by atoms with Crippen LogP contribution in [-0.2, 0) is 4.74 Å². The standard InChI is InChI=1S/C30H32N6O5/c1-30(2,3)41-29(37)35-17-15-21(16-18-35)32-28-33-26-14-11-22(36(38)39)19-25(26)27(34-28)31-20-9-12-24(13-10-20)40-23-7-5-4-6-8-23/h4-14,19,21H,15-18H2,1-3H3,(H2,31,32,33,34). The highest BCUT2D eigenvalue weighted by Crippen LogP contribution is 2.30. The van der Waals surface area contributed by atoms with Crippen molar-refractivity contribution in [2.45, 2.75) is 45.3 Å². The van der Waals surface area contributed by atoms with Crippen molar-refractivity contribution in [1.82, 2.24) is 14.9 Å². The molecule has 1 aliphatic heterocycles. The van der Waals surface area contributed by atoms with Crippen LogP contribution in [0.2, 0.25) is 0 Å². The number of carbonyl (C=O) groups excluding carboxylic acids is 1. The number of benzene rings is 3. The van der Waals surface area contributed by atoms with Gasteiger partial charge < -0.3 is 25.0 Å². The number of amides is 1. The summed E-state index contributed by atoms with van der Waals surface area (Å²) >= 11 is 0. The lowest BCUT2D eigenvalue weighted by molar-refractivity contribution is -0.384. The predicted molar refractivity (Wildman–Crippen MR) is 157 cm³/mol. The molecule has 1 aromatic heterocycles. The van der Waals surface area contributed by atoms with Crippen molar-refractivity contribution in [3.05, 3.63) is 82.9 Å². The lowest BCUT2D eigenvalue weighted by Crippen LogP contribution is -2.44. The minimum Gasteiger partial charge on any atom is -0.457 e. The van der Waals surface area contributed by atoms with E-state index < -0.39 is 10.5 Å². The highest BCUT2D eigenvalue weighted by Gasteiger charge is 2.27. The Bertz CT molecular complexity index is 1530. The fourth-order valence-corrected chi connectivity index (χ4v) is 4.47. The molecule has 0 radical (unpaired) electrons. The van der Waals surface area contributed by atoms with Gasteiger partial charge in [0.1, 0.15) is 22.9 Å². The number of nitro groups is 1. The summed E-state index contributed by atoms with van der Waals surface area (Å²) in [6.07, 6.45) is 1.09. The number of hydrogen-bond acceptors (Lipinski definition) is 9. The molecule has 1 saturated heterocycles. The maximum atomic E-state index is 12.4. The first-order chi connectivity index (χ1) is 19.6. The molecule has 2 heterocycles. The zero-order valence-corrected chi connectivity index (χ0v) is 23.2. The lowest BCUT2D eigenvalue weighted by atomic mass is 10.1. The Morgan fingerprint density at radius 2 is 1.66 bits per heavy atom. The number of piperidine rings is 1. The molecule has 0 bridgehead atoms. The van der Waals surface area contributed by atoms with Crippen molar-refractivity contribution in [1.29, 1.82) is 0 Å². The number of para-hydroxylation sites is 1. The number of ether oxygens (including phenoxy) is 2. The van der Waals surface area contributed by atoms with Gasteiger partial charge in [-0.1, -0.05) is 18.2 Å². The topological polar surface area (TPSA) is 132 Å². The van der Waals surface area contributed by atoms with Crippen LogP contribution < -0.4 is 15.4 Å². The number of nitro benzene ring substituents is 1. The number of anilines is 3. The van der Waals surface area contributed by atoms with Crippen LogP contribution in [0.25, 0.3) is 10.9 Å². The molecular formula is C30H32N6O5. The van der Waals surface area contributed by atoms with Crippen LogP contribution in [0.1, 0.15) is 33.6 Å². The molecule has 0 atom stereocenters. The van der Waals surface area contributed by atoms with Crippen molar-refractivity contribution in [3.63, 3.8) is 0 Å². The van der Waals surface area contributed by atoms with Crippen LogP contribution >= 0.6 is 0 Å². The van der Waals surface area contributed by atoms with E-state index in [1.807, 2.05) is 75.4 Å². The number of nitrogens with zero attached hydrogens (tertiary/aromatic N) is 4. The summed E-state index contributed by atoms with van der Waals surface area (Å²) in [5.74, 6) is 2.23. The summed E-state index contributed by atoms with van der Waals surface area (Å²) in [4.78, 5) is 34.5. The molecule has 41 heavy (non-hydrogen) atoms. The molecule has 2 N–H and O–H groups in total. The molecule has 0 aliphatic carbocycles.